The number of amides is 1. The summed E-state index contributed by atoms with van der Waals surface area (Å²) in [6, 6.07) is 23.8. The summed E-state index contributed by atoms with van der Waals surface area (Å²) in [4.78, 5) is 16.2. The lowest BCUT2D eigenvalue weighted by molar-refractivity contribution is 0.102. The summed E-state index contributed by atoms with van der Waals surface area (Å²) < 4.78 is 6.06. The molecule has 0 fully saturated rings. The molecule has 0 aliphatic heterocycles. The summed E-state index contributed by atoms with van der Waals surface area (Å²) >= 11 is 0. The molecule has 4 nitrogen and oxygen atoms in total. The Balaban J connectivity index is 1.57. The van der Waals surface area contributed by atoms with Crippen LogP contribution >= 0.6 is 0 Å². The normalized spacial score (nSPS) is 11.4. The molecule has 0 radical (unpaired) electrons. The number of carbonyl (C=O) groups is 1. The van der Waals surface area contributed by atoms with Crippen molar-refractivity contribution in [2.24, 2.45) is 0 Å². The third-order valence-corrected chi connectivity index (χ3v) is 5.16. The number of nitrogens with one attached hydrogen (secondary N) is 2. The fourth-order valence-electron chi connectivity index (χ4n) is 3.44. The van der Waals surface area contributed by atoms with E-state index in [1.807, 2.05) is 60.7 Å². The van der Waals surface area contributed by atoms with Gasteiger partial charge in [0, 0.05) is 17.4 Å². The summed E-state index contributed by atoms with van der Waals surface area (Å²) in [5, 5.41) is 3.79. The summed E-state index contributed by atoms with van der Waals surface area (Å²) in [5.41, 5.74) is 4.58. The van der Waals surface area contributed by atoms with Crippen molar-refractivity contribution >= 4 is 22.5 Å². The van der Waals surface area contributed by atoms with Gasteiger partial charge < -0.3 is 15.0 Å². The predicted octanol–water partition coefficient (Wildman–Crippen LogP) is 6.30. The number of aromatic nitrogens is 1. The lowest BCUT2D eigenvalue weighted by Gasteiger charge is -2.19. The van der Waals surface area contributed by atoms with Crippen LogP contribution in [0.5, 0.6) is 5.75 Å². The molecule has 0 aliphatic rings. The molecule has 0 saturated heterocycles. The smallest absolute Gasteiger partial charge is 0.257 e. The fourth-order valence-corrected chi connectivity index (χ4v) is 3.44. The lowest BCUT2D eigenvalue weighted by atomic mass is 9.87. The van der Waals surface area contributed by atoms with Gasteiger partial charge in [0.2, 0.25) is 0 Å². The van der Waals surface area contributed by atoms with E-state index >= 15 is 0 Å². The van der Waals surface area contributed by atoms with Crippen LogP contribution in [0.25, 0.3) is 10.9 Å². The van der Waals surface area contributed by atoms with Crippen LogP contribution in [0.3, 0.4) is 0 Å². The highest BCUT2D eigenvalue weighted by Gasteiger charge is 2.17. The van der Waals surface area contributed by atoms with Crippen LogP contribution in [0, 0.1) is 0 Å². The van der Waals surface area contributed by atoms with E-state index in [1.165, 1.54) is 5.56 Å². The highest BCUT2D eigenvalue weighted by atomic mass is 16.5. The van der Waals surface area contributed by atoms with Crippen molar-refractivity contribution in [2.75, 3.05) is 5.32 Å². The number of rotatable bonds is 5. The Morgan fingerprint density at radius 1 is 0.933 bits per heavy atom. The van der Waals surface area contributed by atoms with Crippen LogP contribution in [0.4, 0.5) is 5.69 Å². The second-order valence-electron chi connectivity index (χ2n) is 8.44. The van der Waals surface area contributed by atoms with E-state index < -0.39 is 0 Å². The quantitative estimate of drug-likeness (QED) is 0.415. The topological polar surface area (TPSA) is 54.1 Å². The first kappa shape index (κ1) is 19.8. The van der Waals surface area contributed by atoms with E-state index in [0.717, 1.165) is 22.2 Å². The zero-order valence-corrected chi connectivity index (χ0v) is 17.5. The van der Waals surface area contributed by atoms with Gasteiger partial charge >= 0.3 is 0 Å². The second-order valence-corrected chi connectivity index (χ2v) is 8.44. The van der Waals surface area contributed by atoms with Gasteiger partial charge in [0.15, 0.2) is 0 Å². The fraction of sp³-hybridized carbons (Fsp3) is 0.192. The number of carbonyl (C=O) groups excluding carboxylic acids is 1. The van der Waals surface area contributed by atoms with Gasteiger partial charge in [-0.2, -0.15) is 0 Å². The molecule has 1 amide bonds. The molecule has 152 valence electrons. The first-order chi connectivity index (χ1) is 14.4. The predicted molar refractivity (Wildman–Crippen MR) is 122 cm³/mol. The molecule has 2 N–H and O–H groups in total. The van der Waals surface area contributed by atoms with Crippen molar-refractivity contribution in [3.05, 3.63) is 95.7 Å². The van der Waals surface area contributed by atoms with Gasteiger partial charge in [-0.3, -0.25) is 4.79 Å². The molecule has 1 aromatic heterocycles. The Morgan fingerprint density at radius 3 is 2.37 bits per heavy atom. The Kier molecular flexibility index (Phi) is 5.32. The minimum atomic E-state index is -0.166. The molecule has 4 heteroatoms. The number of H-pyrrole nitrogens is 1. The highest BCUT2D eigenvalue weighted by Crippen LogP contribution is 2.30. The molecule has 3 aromatic carbocycles. The number of hydrogen-bond acceptors (Lipinski definition) is 2. The van der Waals surface area contributed by atoms with Crippen LogP contribution in [0.2, 0.25) is 0 Å². The molecule has 0 aliphatic carbocycles. The third kappa shape index (κ3) is 4.23. The molecular formula is C26H26N2O2. The molecule has 4 rings (SSSR count). The minimum Gasteiger partial charge on any atom is -0.488 e. The Labute approximate surface area is 176 Å². The molecule has 0 atom stereocenters. The van der Waals surface area contributed by atoms with E-state index in [1.54, 1.807) is 6.20 Å². The van der Waals surface area contributed by atoms with Crippen LogP contribution in [0.15, 0.2) is 79.0 Å². The van der Waals surface area contributed by atoms with Crippen molar-refractivity contribution in [3.8, 4) is 5.75 Å². The van der Waals surface area contributed by atoms with E-state index in [-0.39, 0.29) is 11.3 Å². The number of aromatic amines is 1. The van der Waals surface area contributed by atoms with Crippen molar-refractivity contribution in [2.45, 2.75) is 32.8 Å². The molecule has 1 heterocycles. The van der Waals surface area contributed by atoms with Crippen LogP contribution < -0.4 is 10.1 Å². The van der Waals surface area contributed by atoms with Crippen LogP contribution in [-0.4, -0.2) is 10.9 Å². The van der Waals surface area contributed by atoms with Gasteiger partial charge in [0.1, 0.15) is 12.4 Å². The average molecular weight is 399 g/mol. The molecule has 0 unspecified atom stereocenters. The van der Waals surface area contributed by atoms with Gasteiger partial charge in [-0.05, 0) is 40.8 Å². The summed E-state index contributed by atoms with van der Waals surface area (Å²) in [5.74, 6) is 0.520. The molecule has 0 spiro atoms. The molecule has 0 bridgehead atoms. The monoisotopic (exact) mass is 398 g/mol. The SMILES string of the molecule is CC(C)(C)c1ccc(NC(=O)c2c[nH]c3cccc(OCc4ccccc4)c23)cc1. The van der Waals surface area contributed by atoms with E-state index in [0.29, 0.717) is 17.9 Å². The number of ether oxygens (including phenoxy) is 1. The summed E-state index contributed by atoms with van der Waals surface area (Å²) in [7, 11) is 0. The van der Waals surface area contributed by atoms with Crippen molar-refractivity contribution < 1.29 is 9.53 Å². The first-order valence-corrected chi connectivity index (χ1v) is 10.1. The van der Waals surface area contributed by atoms with Gasteiger partial charge in [-0.15, -0.1) is 0 Å². The Morgan fingerprint density at radius 2 is 1.67 bits per heavy atom. The first-order valence-electron chi connectivity index (χ1n) is 10.1. The average Bonchev–Trinajstić information content (AvgIpc) is 3.18. The number of hydrogen-bond donors (Lipinski definition) is 2. The van der Waals surface area contributed by atoms with Crippen LogP contribution in [-0.2, 0) is 12.0 Å². The van der Waals surface area contributed by atoms with Gasteiger partial charge in [-0.1, -0.05) is 69.3 Å². The van der Waals surface area contributed by atoms with Crippen molar-refractivity contribution in [3.63, 3.8) is 0 Å². The van der Waals surface area contributed by atoms with E-state index in [2.05, 4.69) is 43.2 Å². The molecular weight excluding hydrogens is 372 g/mol. The zero-order chi connectivity index (χ0) is 21.1. The molecule has 0 saturated carbocycles. The Hall–Kier alpha value is -3.53. The zero-order valence-electron chi connectivity index (χ0n) is 17.5. The third-order valence-electron chi connectivity index (χ3n) is 5.16. The maximum absolute atomic E-state index is 13.0. The maximum atomic E-state index is 13.0. The second kappa shape index (κ2) is 8.07. The highest BCUT2D eigenvalue weighted by molar-refractivity contribution is 6.14. The molecule has 4 aromatic rings. The van der Waals surface area contributed by atoms with Crippen molar-refractivity contribution in [1.29, 1.82) is 0 Å². The minimum absolute atomic E-state index is 0.0738. The van der Waals surface area contributed by atoms with E-state index in [9.17, 15) is 4.79 Å². The van der Waals surface area contributed by atoms with Gasteiger partial charge in [0.05, 0.1) is 10.9 Å². The van der Waals surface area contributed by atoms with E-state index in [4.69, 9.17) is 4.74 Å². The van der Waals surface area contributed by atoms with Gasteiger partial charge in [-0.25, -0.2) is 0 Å². The Bertz CT molecular complexity index is 1150. The lowest BCUT2D eigenvalue weighted by Crippen LogP contribution is -2.13. The summed E-state index contributed by atoms with van der Waals surface area (Å²) in [6.45, 7) is 6.96. The van der Waals surface area contributed by atoms with Gasteiger partial charge in [0.25, 0.3) is 5.91 Å². The maximum Gasteiger partial charge on any atom is 0.257 e. The number of fused-ring (bicyclic) bond motifs is 1. The van der Waals surface area contributed by atoms with Crippen LogP contribution in [0.1, 0.15) is 42.3 Å². The largest absolute Gasteiger partial charge is 0.488 e. The molecule has 30 heavy (non-hydrogen) atoms. The number of anilines is 1. The summed E-state index contributed by atoms with van der Waals surface area (Å²) in [6.07, 6.45) is 1.74. The standard InChI is InChI=1S/C26H26N2O2/c1-26(2,3)19-12-14-20(15-13-19)28-25(29)21-16-27-22-10-7-11-23(24(21)22)30-17-18-8-5-4-6-9-18/h4-16,27H,17H2,1-3H3,(H,28,29). The van der Waals surface area contributed by atoms with Crippen molar-refractivity contribution in [1.82, 2.24) is 4.98 Å². The number of benzene rings is 3.